The maximum Gasteiger partial charge on any atom is 0.293 e. The topological polar surface area (TPSA) is 81.5 Å². The number of benzene rings is 1. The molecule has 0 aliphatic heterocycles. The summed E-state index contributed by atoms with van der Waals surface area (Å²) in [6, 6.07) is 4.32. The van der Waals surface area contributed by atoms with Crippen LogP contribution in [0.5, 0.6) is 0 Å². The second-order valence-corrected chi connectivity index (χ2v) is 4.60. The van der Waals surface area contributed by atoms with Gasteiger partial charge in [0.2, 0.25) is 0 Å². The zero-order valence-electron chi connectivity index (χ0n) is 11.3. The molecule has 0 aliphatic rings. The van der Waals surface area contributed by atoms with E-state index < -0.39 is 4.92 Å². The quantitative estimate of drug-likeness (QED) is 0.466. The Morgan fingerprint density at radius 1 is 1.47 bits per heavy atom. The number of nitrogens with one attached hydrogen (secondary N) is 1. The van der Waals surface area contributed by atoms with Crippen LogP contribution >= 0.6 is 0 Å². The summed E-state index contributed by atoms with van der Waals surface area (Å²) in [6.45, 7) is 4.45. The number of hydrogen-bond acceptors (Lipinski definition) is 5. The zero-order valence-corrected chi connectivity index (χ0v) is 11.3. The third-order valence-corrected chi connectivity index (χ3v) is 2.85. The highest BCUT2D eigenvalue weighted by atomic mass is 16.6. The normalized spacial score (nSPS) is 12.2. The highest BCUT2D eigenvalue weighted by Crippen LogP contribution is 2.26. The van der Waals surface area contributed by atoms with Gasteiger partial charge in [-0.05, 0) is 18.1 Å². The van der Waals surface area contributed by atoms with Crippen molar-refractivity contribution < 1.29 is 14.5 Å². The third-order valence-electron chi connectivity index (χ3n) is 2.85. The minimum absolute atomic E-state index is 0.0363. The fourth-order valence-electron chi connectivity index (χ4n) is 1.68. The molecule has 1 aromatic carbocycles. The molecule has 1 atom stereocenters. The Labute approximate surface area is 111 Å². The first kappa shape index (κ1) is 15.1. The summed E-state index contributed by atoms with van der Waals surface area (Å²) in [6.07, 6.45) is 0.589. The number of methoxy groups -OCH3 is 1. The average molecular weight is 266 g/mol. The van der Waals surface area contributed by atoms with E-state index in [0.29, 0.717) is 18.6 Å². The molecule has 6 nitrogen and oxygen atoms in total. The van der Waals surface area contributed by atoms with E-state index in [2.05, 4.69) is 5.32 Å². The molecule has 0 aliphatic carbocycles. The first-order valence-electron chi connectivity index (χ1n) is 5.98. The van der Waals surface area contributed by atoms with Crippen LogP contribution in [0.1, 0.15) is 24.2 Å². The van der Waals surface area contributed by atoms with Gasteiger partial charge in [0.25, 0.3) is 5.69 Å². The lowest BCUT2D eigenvalue weighted by Crippen LogP contribution is -2.30. The first-order valence-corrected chi connectivity index (χ1v) is 5.98. The third kappa shape index (κ3) is 4.03. The molecule has 0 saturated carbocycles. The van der Waals surface area contributed by atoms with E-state index in [1.54, 1.807) is 19.2 Å². The molecule has 0 fully saturated rings. The lowest BCUT2D eigenvalue weighted by atomic mass is 10.0. The van der Waals surface area contributed by atoms with Crippen molar-refractivity contribution >= 4 is 17.7 Å². The van der Waals surface area contributed by atoms with E-state index in [0.717, 1.165) is 0 Å². The van der Waals surface area contributed by atoms with Crippen LogP contribution in [0, 0.1) is 16.0 Å². The number of nitro groups is 1. The molecular formula is C13H18N2O4. The minimum Gasteiger partial charge on any atom is -0.383 e. The Morgan fingerprint density at radius 2 is 2.16 bits per heavy atom. The van der Waals surface area contributed by atoms with Gasteiger partial charge in [-0.1, -0.05) is 13.8 Å². The molecule has 1 rings (SSSR count). The molecular weight excluding hydrogens is 248 g/mol. The van der Waals surface area contributed by atoms with Gasteiger partial charge in [0.05, 0.1) is 17.6 Å². The molecule has 0 saturated heterocycles. The summed E-state index contributed by atoms with van der Waals surface area (Å²) in [4.78, 5) is 21.2. The molecule has 104 valence electrons. The van der Waals surface area contributed by atoms with Crippen molar-refractivity contribution in [2.75, 3.05) is 19.0 Å². The summed E-state index contributed by atoms with van der Waals surface area (Å²) >= 11 is 0. The van der Waals surface area contributed by atoms with Crippen molar-refractivity contribution in [2.24, 2.45) is 5.92 Å². The summed E-state index contributed by atoms with van der Waals surface area (Å²) < 4.78 is 5.09. The highest BCUT2D eigenvalue weighted by molar-refractivity contribution is 5.79. The van der Waals surface area contributed by atoms with Crippen molar-refractivity contribution in [3.8, 4) is 0 Å². The summed E-state index contributed by atoms with van der Waals surface area (Å²) in [5, 5.41) is 14.1. The van der Waals surface area contributed by atoms with E-state index in [1.807, 2.05) is 13.8 Å². The van der Waals surface area contributed by atoms with Gasteiger partial charge in [-0.25, -0.2) is 0 Å². The van der Waals surface area contributed by atoms with Crippen LogP contribution in [0.15, 0.2) is 18.2 Å². The molecule has 0 aromatic heterocycles. The van der Waals surface area contributed by atoms with Crippen LogP contribution in [-0.4, -0.2) is 31.0 Å². The standard InChI is InChI=1S/C13H18N2O4/c1-9(2)12(8-19-3)14-11-5-4-10(7-16)6-13(11)15(17)18/h4-7,9,12,14H,8H2,1-3H3. The van der Waals surface area contributed by atoms with Gasteiger partial charge >= 0.3 is 0 Å². The average Bonchev–Trinajstić information content (AvgIpc) is 2.38. The van der Waals surface area contributed by atoms with Gasteiger partial charge in [0.1, 0.15) is 12.0 Å². The van der Waals surface area contributed by atoms with Crippen molar-refractivity contribution in [3.05, 3.63) is 33.9 Å². The monoisotopic (exact) mass is 266 g/mol. The maximum atomic E-state index is 11.0. The molecule has 0 radical (unpaired) electrons. The molecule has 1 aromatic rings. The number of rotatable bonds is 7. The van der Waals surface area contributed by atoms with Crippen LogP contribution in [0.2, 0.25) is 0 Å². The Hall–Kier alpha value is -1.95. The molecule has 0 bridgehead atoms. The fourth-order valence-corrected chi connectivity index (χ4v) is 1.68. The largest absolute Gasteiger partial charge is 0.383 e. The number of hydrogen-bond donors (Lipinski definition) is 1. The lowest BCUT2D eigenvalue weighted by Gasteiger charge is -2.22. The van der Waals surface area contributed by atoms with Gasteiger partial charge in [-0.3, -0.25) is 14.9 Å². The molecule has 6 heteroatoms. The SMILES string of the molecule is COCC(Nc1ccc(C=O)cc1[N+](=O)[O-])C(C)C. The van der Waals surface area contributed by atoms with Gasteiger partial charge in [-0.2, -0.15) is 0 Å². The van der Waals surface area contributed by atoms with E-state index in [9.17, 15) is 14.9 Å². The van der Waals surface area contributed by atoms with Crippen LogP contribution in [0.4, 0.5) is 11.4 Å². The summed E-state index contributed by atoms with van der Waals surface area (Å²) in [7, 11) is 1.58. The summed E-state index contributed by atoms with van der Waals surface area (Å²) in [5.41, 5.74) is 0.572. The first-order chi connectivity index (χ1) is 8.99. The molecule has 1 N–H and O–H groups in total. The Morgan fingerprint density at radius 3 is 2.63 bits per heavy atom. The van der Waals surface area contributed by atoms with E-state index in [4.69, 9.17) is 4.74 Å². The van der Waals surface area contributed by atoms with Gasteiger partial charge < -0.3 is 10.1 Å². The van der Waals surface area contributed by atoms with Crippen LogP contribution in [-0.2, 0) is 4.74 Å². The number of ether oxygens (including phenoxy) is 1. The van der Waals surface area contributed by atoms with Gasteiger partial charge in [0, 0.05) is 18.7 Å². The number of nitro benzene ring substituents is 1. The molecule has 1 unspecified atom stereocenters. The van der Waals surface area contributed by atoms with Gasteiger partial charge in [-0.15, -0.1) is 0 Å². The van der Waals surface area contributed by atoms with Crippen LogP contribution < -0.4 is 5.32 Å². The van der Waals surface area contributed by atoms with E-state index >= 15 is 0 Å². The van der Waals surface area contributed by atoms with Crippen molar-refractivity contribution in [2.45, 2.75) is 19.9 Å². The molecule has 0 heterocycles. The Balaban J connectivity index is 3.04. The van der Waals surface area contributed by atoms with E-state index in [1.165, 1.54) is 6.07 Å². The number of carbonyl (C=O) groups is 1. The van der Waals surface area contributed by atoms with Crippen molar-refractivity contribution in [1.29, 1.82) is 0 Å². The fraction of sp³-hybridized carbons (Fsp3) is 0.462. The Bertz CT molecular complexity index is 460. The maximum absolute atomic E-state index is 11.0. The van der Waals surface area contributed by atoms with E-state index in [-0.39, 0.29) is 23.2 Å². The van der Waals surface area contributed by atoms with Crippen molar-refractivity contribution in [1.82, 2.24) is 0 Å². The van der Waals surface area contributed by atoms with Gasteiger partial charge in [0.15, 0.2) is 0 Å². The lowest BCUT2D eigenvalue weighted by molar-refractivity contribution is -0.384. The zero-order chi connectivity index (χ0) is 14.4. The minimum atomic E-state index is -0.500. The highest BCUT2D eigenvalue weighted by Gasteiger charge is 2.19. The molecule has 0 amide bonds. The smallest absolute Gasteiger partial charge is 0.293 e. The molecule has 19 heavy (non-hydrogen) atoms. The molecule has 0 spiro atoms. The van der Waals surface area contributed by atoms with Crippen LogP contribution in [0.25, 0.3) is 0 Å². The van der Waals surface area contributed by atoms with Crippen LogP contribution in [0.3, 0.4) is 0 Å². The second-order valence-electron chi connectivity index (χ2n) is 4.60. The summed E-state index contributed by atoms with van der Waals surface area (Å²) in [5.74, 6) is 0.255. The predicted octanol–water partition coefficient (Wildman–Crippen LogP) is 2.49. The second kappa shape index (κ2) is 6.84. The predicted molar refractivity (Wildman–Crippen MR) is 72.6 cm³/mol. The number of nitrogens with zero attached hydrogens (tertiary/aromatic N) is 1. The number of carbonyl (C=O) groups excluding carboxylic acids is 1. The van der Waals surface area contributed by atoms with Crippen molar-refractivity contribution in [3.63, 3.8) is 0 Å². The Kier molecular flexibility index (Phi) is 5.44. The number of aldehydes is 1. The number of anilines is 1.